The number of hydrogen-bond donors (Lipinski definition) is 1. The number of benzene rings is 2. The number of nitrogens with one attached hydrogen (secondary N) is 1. The third-order valence-electron chi connectivity index (χ3n) is 5.42. The highest BCUT2D eigenvalue weighted by atomic mass is 79.9. The first-order valence-corrected chi connectivity index (χ1v) is 9.01. The van der Waals surface area contributed by atoms with Gasteiger partial charge in [0.2, 0.25) is 11.8 Å². The van der Waals surface area contributed by atoms with Crippen LogP contribution in [0, 0.1) is 11.8 Å². The normalized spacial score (nSPS) is 36.3. The number of rotatable bonds is 0. The second kappa shape index (κ2) is 4.14. The van der Waals surface area contributed by atoms with Crippen LogP contribution in [0.15, 0.2) is 48.5 Å². The van der Waals surface area contributed by atoms with Crippen molar-refractivity contribution in [1.82, 2.24) is 5.32 Å². The first-order valence-electron chi connectivity index (χ1n) is 7.43. The van der Waals surface area contributed by atoms with Crippen LogP contribution in [-0.2, 0) is 18.2 Å². The molecule has 0 aromatic heterocycles. The summed E-state index contributed by atoms with van der Waals surface area (Å²) in [5.74, 6) is -1.33. The Labute approximate surface area is 149 Å². The highest BCUT2D eigenvalue weighted by Gasteiger charge is 2.70. The number of halogens is 2. The molecule has 6 rings (SSSR count). The van der Waals surface area contributed by atoms with Crippen LogP contribution in [-0.4, -0.2) is 11.8 Å². The van der Waals surface area contributed by atoms with Crippen molar-refractivity contribution in [2.75, 3.05) is 0 Å². The molecular formula is C18H11Br2NO2. The highest BCUT2D eigenvalue weighted by Crippen LogP contribution is 2.69. The van der Waals surface area contributed by atoms with E-state index in [1.807, 2.05) is 48.5 Å². The van der Waals surface area contributed by atoms with Gasteiger partial charge in [-0.3, -0.25) is 14.9 Å². The molecular weight excluding hydrogens is 422 g/mol. The van der Waals surface area contributed by atoms with Crippen LogP contribution < -0.4 is 5.32 Å². The third kappa shape index (κ3) is 1.34. The van der Waals surface area contributed by atoms with Gasteiger partial charge in [-0.15, -0.1) is 0 Å². The summed E-state index contributed by atoms with van der Waals surface area (Å²) in [6.45, 7) is 0. The van der Waals surface area contributed by atoms with Crippen molar-refractivity contribution < 1.29 is 9.59 Å². The average molecular weight is 433 g/mol. The van der Waals surface area contributed by atoms with Crippen LogP contribution >= 0.6 is 31.9 Å². The molecule has 4 aliphatic rings. The number of alkyl halides is 2. The molecule has 3 nitrogen and oxygen atoms in total. The summed E-state index contributed by atoms with van der Waals surface area (Å²) < 4.78 is -1.34. The van der Waals surface area contributed by atoms with E-state index in [-0.39, 0.29) is 11.8 Å². The zero-order chi connectivity index (χ0) is 16.0. The molecule has 2 atom stereocenters. The Morgan fingerprint density at radius 1 is 0.696 bits per heavy atom. The van der Waals surface area contributed by atoms with Gasteiger partial charge in [0.25, 0.3) is 0 Å². The first kappa shape index (κ1) is 13.9. The topological polar surface area (TPSA) is 46.2 Å². The fourth-order valence-corrected chi connectivity index (χ4v) is 6.92. The number of carbonyl (C=O) groups excluding carboxylic acids is 2. The van der Waals surface area contributed by atoms with Gasteiger partial charge in [-0.25, -0.2) is 0 Å². The molecule has 0 saturated carbocycles. The van der Waals surface area contributed by atoms with E-state index in [1.165, 1.54) is 0 Å². The molecule has 1 fully saturated rings. The summed E-state index contributed by atoms with van der Waals surface area (Å²) in [5, 5.41) is 2.54. The largest absolute Gasteiger partial charge is 0.296 e. The zero-order valence-electron chi connectivity index (χ0n) is 11.8. The van der Waals surface area contributed by atoms with E-state index >= 15 is 0 Å². The Morgan fingerprint density at radius 3 is 1.30 bits per heavy atom. The van der Waals surface area contributed by atoms with Crippen LogP contribution in [0.4, 0.5) is 0 Å². The molecule has 2 aromatic carbocycles. The van der Waals surface area contributed by atoms with Crippen LogP contribution in [0.25, 0.3) is 0 Å². The predicted molar refractivity (Wildman–Crippen MR) is 92.4 cm³/mol. The number of hydrogen-bond acceptors (Lipinski definition) is 2. The van der Waals surface area contributed by atoms with Gasteiger partial charge in [-0.1, -0.05) is 80.4 Å². The quantitative estimate of drug-likeness (QED) is 0.513. The Hall–Kier alpha value is -1.46. The van der Waals surface area contributed by atoms with Crippen LogP contribution in [0.1, 0.15) is 22.3 Å². The maximum atomic E-state index is 12.6. The molecule has 2 amide bonds. The molecule has 0 unspecified atom stereocenters. The molecule has 1 saturated heterocycles. The van der Waals surface area contributed by atoms with Gasteiger partial charge in [0.1, 0.15) is 0 Å². The van der Waals surface area contributed by atoms with Crippen molar-refractivity contribution in [2.24, 2.45) is 11.8 Å². The minimum Gasteiger partial charge on any atom is -0.296 e. The third-order valence-corrected chi connectivity index (χ3v) is 8.12. The standard InChI is InChI=1S/C18H11Br2NO2/c19-17-9-5-1-2-6-10(9)18(20,12-8-4-3-7-11(12)17)14-13(17)15(22)21-16(14)23/h1-8,13-14H,(H,21,22,23)/t13-,14+,17?,18?. The molecule has 0 spiro atoms. The molecule has 114 valence electrons. The summed E-state index contributed by atoms with van der Waals surface area (Å²) in [4.78, 5) is 25.2. The minimum absolute atomic E-state index is 0.204. The lowest BCUT2D eigenvalue weighted by atomic mass is 9.54. The van der Waals surface area contributed by atoms with Gasteiger partial charge in [-0.05, 0) is 22.3 Å². The molecule has 1 N–H and O–H groups in total. The summed E-state index contributed by atoms with van der Waals surface area (Å²) in [6.07, 6.45) is 0. The fourth-order valence-electron chi connectivity index (χ4n) is 4.60. The van der Waals surface area contributed by atoms with Gasteiger partial charge in [-0.2, -0.15) is 0 Å². The molecule has 23 heavy (non-hydrogen) atoms. The van der Waals surface area contributed by atoms with E-state index in [1.54, 1.807) is 0 Å². The molecule has 1 heterocycles. The van der Waals surface area contributed by atoms with Crippen LogP contribution in [0.2, 0.25) is 0 Å². The lowest BCUT2D eigenvalue weighted by Crippen LogP contribution is -2.56. The SMILES string of the molecule is O=C1NC(=O)[C@H]2[C@@H]1C1(Br)c3ccccc3C2(Br)c2ccccc21. The van der Waals surface area contributed by atoms with E-state index in [0.717, 1.165) is 22.3 Å². The highest BCUT2D eigenvalue weighted by molar-refractivity contribution is 9.10. The maximum absolute atomic E-state index is 12.6. The van der Waals surface area contributed by atoms with Gasteiger partial charge in [0.15, 0.2) is 0 Å². The molecule has 2 bridgehead atoms. The van der Waals surface area contributed by atoms with Gasteiger partial charge >= 0.3 is 0 Å². The van der Waals surface area contributed by atoms with Crippen molar-refractivity contribution in [1.29, 1.82) is 0 Å². The second-order valence-electron chi connectivity index (χ2n) is 6.32. The van der Waals surface area contributed by atoms with Crippen molar-refractivity contribution in [2.45, 2.75) is 8.65 Å². The molecule has 2 aromatic rings. The maximum Gasteiger partial charge on any atom is 0.232 e. The van der Waals surface area contributed by atoms with E-state index < -0.39 is 20.5 Å². The summed E-state index contributed by atoms with van der Waals surface area (Å²) in [6, 6.07) is 16.1. The molecule has 1 aliphatic heterocycles. The predicted octanol–water partition coefficient (Wildman–Crippen LogP) is 3.18. The van der Waals surface area contributed by atoms with E-state index in [9.17, 15) is 9.59 Å². The molecule has 3 aliphatic carbocycles. The lowest BCUT2D eigenvalue weighted by molar-refractivity contribution is -0.126. The van der Waals surface area contributed by atoms with E-state index in [2.05, 4.69) is 37.2 Å². The smallest absolute Gasteiger partial charge is 0.232 e. The van der Waals surface area contributed by atoms with Gasteiger partial charge in [0.05, 0.1) is 20.5 Å². The fraction of sp³-hybridized carbons (Fsp3) is 0.222. The Bertz CT molecular complexity index is 788. The lowest BCUT2D eigenvalue weighted by Gasteiger charge is -2.55. The Kier molecular flexibility index (Phi) is 2.51. The summed E-state index contributed by atoms with van der Waals surface area (Å²) in [7, 11) is 0. The first-order chi connectivity index (χ1) is 11.0. The van der Waals surface area contributed by atoms with E-state index in [4.69, 9.17) is 0 Å². The summed E-state index contributed by atoms with van der Waals surface area (Å²) in [5.41, 5.74) is 4.23. The van der Waals surface area contributed by atoms with Crippen LogP contribution in [0.3, 0.4) is 0 Å². The monoisotopic (exact) mass is 431 g/mol. The minimum atomic E-state index is -0.670. The number of carbonyl (C=O) groups is 2. The van der Waals surface area contributed by atoms with Crippen molar-refractivity contribution >= 4 is 43.7 Å². The Morgan fingerprint density at radius 2 is 1.00 bits per heavy atom. The van der Waals surface area contributed by atoms with Gasteiger partial charge in [0, 0.05) is 0 Å². The van der Waals surface area contributed by atoms with E-state index in [0.29, 0.717) is 0 Å². The number of imide groups is 1. The Balaban J connectivity index is 1.99. The van der Waals surface area contributed by atoms with Crippen LogP contribution in [0.5, 0.6) is 0 Å². The number of amides is 2. The average Bonchev–Trinajstić information content (AvgIpc) is 2.88. The second-order valence-corrected chi connectivity index (χ2v) is 8.83. The van der Waals surface area contributed by atoms with Crippen molar-refractivity contribution in [3.05, 3.63) is 70.8 Å². The molecule has 5 heteroatoms. The van der Waals surface area contributed by atoms with Gasteiger partial charge < -0.3 is 0 Å². The van der Waals surface area contributed by atoms with Crippen molar-refractivity contribution in [3.8, 4) is 0 Å². The molecule has 0 radical (unpaired) electrons. The summed E-state index contributed by atoms with van der Waals surface area (Å²) >= 11 is 7.79. The van der Waals surface area contributed by atoms with Crippen molar-refractivity contribution in [3.63, 3.8) is 0 Å². The zero-order valence-corrected chi connectivity index (χ0v) is 15.0.